The Balaban J connectivity index is 2.44. The van der Waals surface area contributed by atoms with Crippen molar-refractivity contribution in [2.45, 2.75) is 24.8 Å². The van der Waals surface area contributed by atoms with Gasteiger partial charge >= 0.3 is 11.7 Å². The number of hydrogen-bond donors (Lipinski definition) is 0. The van der Waals surface area contributed by atoms with Crippen LogP contribution < -0.4 is 9.47 Å². The second kappa shape index (κ2) is 8.76. The summed E-state index contributed by atoms with van der Waals surface area (Å²) in [6.07, 6.45) is 0. The molecule has 0 aromatic heterocycles. The van der Waals surface area contributed by atoms with Gasteiger partial charge in [-0.1, -0.05) is 11.6 Å². The maximum atomic E-state index is 12.7. The van der Waals surface area contributed by atoms with Crippen molar-refractivity contribution >= 4 is 33.3 Å². The summed E-state index contributed by atoms with van der Waals surface area (Å²) < 4.78 is 36.5. The van der Waals surface area contributed by atoms with Crippen LogP contribution in [0.5, 0.6) is 11.5 Å². The number of hydrogen-bond acceptors (Lipinski definition) is 7. The molecule has 0 aliphatic heterocycles. The number of rotatable bonds is 7. The summed E-state index contributed by atoms with van der Waals surface area (Å²) in [5.41, 5.74) is -0.729. The van der Waals surface area contributed by atoms with Gasteiger partial charge in [0.1, 0.15) is 5.75 Å². The largest absolute Gasteiger partial charge is 0.496 e. The van der Waals surface area contributed by atoms with Crippen molar-refractivity contribution in [1.82, 2.24) is 4.31 Å². The van der Waals surface area contributed by atoms with E-state index < -0.39 is 26.6 Å². The Bertz CT molecular complexity index is 1050. The molecule has 156 valence electrons. The van der Waals surface area contributed by atoms with Crippen LogP contribution >= 0.6 is 11.6 Å². The fraction of sp³-hybridized carbons (Fsp3) is 0.278. The molecule has 2 aromatic rings. The standard InChI is InChI=1S/C18H19ClN2O7S/c1-11(2)20(3)29(25,26)13-6-7-15(19)14(10-13)18(22)28-17-8-5-12(27-4)9-16(17)21(23)24/h5-11H,1-4H3. The molecule has 0 fully saturated rings. The highest BCUT2D eigenvalue weighted by atomic mass is 35.5. The monoisotopic (exact) mass is 442 g/mol. The maximum Gasteiger partial charge on any atom is 0.345 e. The molecular formula is C18H19ClN2O7S. The first-order valence-corrected chi connectivity index (χ1v) is 10.1. The van der Waals surface area contributed by atoms with E-state index in [1.165, 1.54) is 38.4 Å². The number of carbonyl (C=O) groups excluding carboxylic acids is 1. The van der Waals surface area contributed by atoms with Gasteiger partial charge in [0.05, 0.1) is 33.6 Å². The van der Waals surface area contributed by atoms with Crippen LogP contribution in [-0.2, 0) is 10.0 Å². The number of esters is 1. The Labute approximate surface area is 173 Å². The molecule has 29 heavy (non-hydrogen) atoms. The van der Waals surface area contributed by atoms with Crippen molar-refractivity contribution in [2.75, 3.05) is 14.2 Å². The van der Waals surface area contributed by atoms with Crippen LogP contribution in [0, 0.1) is 10.1 Å². The first-order valence-electron chi connectivity index (χ1n) is 8.31. The highest BCUT2D eigenvalue weighted by Crippen LogP contribution is 2.32. The highest BCUT2D eigenvalue weighted by Gasteiger charge is 2.27. The van der Waals surface area contributed by atoms with Crippen LogP contribution in [-0.4, -0.2) is 43.8 Å². The van der Waals surface area contributed by atoms with Gasteiger partial charge < -0.3 is 9.47 Å². The summed E-state index contributed by atoms with van der Waals surface area (Å²) in [5, 5.41) is 11.2. The number of ether oxygens (including phenoxy) is 2. The summed E-state index contributed by atoms with van der Waals surface area (Å²) in [5.74, 6) is -1.16. The number of nitro benzene ring substituents is 1. The molecule has 0 N–H and O–H groups in total. The van der Waals surface area contributed by atoms with E-state index in [-0.39, 0.29) is 33.0 Å². The van der Waals surface area contributed by atoms with Crippen LogP contribution in [0.4, 0.5) is 5.69 Å². The van der Waals surface area contributed by atoms with Gasteiger partial charge in [-0.3, -0.25) is 10.1 Å². The Kier molecular flexibility index (Phi) is 6.83. The predicted octanol–water partition coefficient (Wildman–Crippen LogP) is 3.50. The first kappa shape index (κ1) is 22.6. The summed E-state index contributed by atoms with van der Waals surface area (Å²) in [6.45, 7) is 3.40. The molecular weight excluding hydrogens is 424 g/mol. The number of benzene rings is 2. The van der Waals surface area contributed by atoms with E-state index >= 15 is 0 Å². The van der Waals surface area contributed by atoms with Crippen molar-refractivity contribution in [1.29, 1.82) is 0 Å². The normalized spacial score (nSPS) is 11.6. The quantitative estimate of drug-likeness (QED) is 0.279. The van der Waals surface area contributed by atoms with E-state index in [1.54, 1.807) is 13.8 Å². The number of halogens is 1. The van der Waals surface area contributed by atoms with Crippen LogP contribution in [0.3, 0.4) is 0 Å². The van der Waals surface area contributed by atoms with Gasteiger partial charge in [0.25, 0.3) is 0 Å². The molecule has 0 amide bonds. The van der Waals surface area contributed by atoms with Crippen LogP contribution in [0.1, 0.15) is 24.2 Å². The molecule has 11 heteroatoms. The third-order valence-corrected chi connectivity index (χ3v) is 6.49. The molecule has 9 nitrogen and oxygen atoms in total. The Morgan fingerprint density at radius 2 is 1.86 bits per heavy atom. The van der Waals surface area contributed by atoms with Crippen molar-refractivity contribution in [3.63, 3.8) is 0 Å². The van der Waals surface area contributed by atoms with E-state index in [0.29, 0.717) is 0 Å². The smallest absolute Gasteiger partial charge is 0.345 e. The molecule has 0 aliphatic carbocycles. The van der Waals surface area contributed by atoms with Crippen molar-refractivity contribution in [2.24, 2.45) is 0 Å². The minimum atomic E-state index is -3.87. The second-order valence-electron chi connectivity index (χ2n) is 6.24. The van der Waals surface area contributed by atoms with Crippen LogP contribution in [0.15, 0.2) is 41.3 Å². The van der Waals surface area contributed by atoms with Crippen molar-refractivity contribution in [3.05, 3.63) is 57.1 Å². The minimum absolute atomic E-state index is 0.0580. The van der Waals surface area contributed by atoms with Gasteiger partial charge in [-0.2, -0.15) is 4.31 Å². The van der Waals surface area contributed by atoms with Gasteiger partial charge in [0.15, 0.2) is 0 Å². The average Bonchev–Trinajstić information content (AvgIpc) is 2.67. The van der Waals surface area contributed by atoms with Crippen LogP contribution in [0.25, 0.3) is 0 Å². The maximum absolute atomic E-state index is 12.7. The van der Waals surface area contributed by atoms with Gasteiger partial charge in [-0.15, -0.1) is 0 Å². The van der Waals surface area contributed by atoms with E-state index in [2.05, 4.69) is 0 Å². The average molecular weight is 443 g/mol. The summed E-state index contributed by atoms with van der Waals surface area (Å²) in [6, 6.07) is 6.97. The van der Waals surface area contributed by atoms with E-state index in [0.717, 1.165) is 16.4 Å². The minimum Gasteiger partial charge on any atom is -0.496 e. The lowest BCUT2D eigenvalue weighted by Crippen LogP contribution is -2.33. The molecule has 0 unspecified atom stereocenters. The number of nitro groups is 1. The molecule has 2 aromatic carbocycles. The SMILES string of the molecule is COc1ccc(OC(=O)c2cc(S(=O)(=O)N(C)C(C)C)ccc2Cl)c([N+](=O)[O-])c1. The van der Waals surface area contributed by atoms with Gasteiger partial charge in [0.2, 0.25) is 15.8 Å². The number of sulfonamides is 1. The molecule has 0 aliphatic rings. The number of methoxy groups -OCH3 is 1. The summed E-state index contributed by atoms with van der Waals surface area (Å²) in [4.78, 5) is 22.9. The number of carbonyl (C=O) groups is 1. The van der Waals surface area contributed by atoms with E-state index in [9.17, 15) is 23.3 Å². The lowest BCUT2D eigenvalue weighted by Gasteiger charge is -2.21. The van der Waals surface area contributed by atoms with Crippen LogP contribution in [0.2, 0.25) is 5.02 Å². The fourth-order valence-corrected chi connectivity index (χ4v) is 3.86. The van der Waals surface area contributed by atoms with Gasteiger partial charge in [-0.25, -0.2) is 13.2 Å². The zero-order valence-corrected chi connectivity index (χ0v) is 17.7. The van der Waals surface area contributed by atoms with Crippen molar-refractivity contribution < 1.29 is 27.6 Å². The van der Waals surface area contributed by atoms with E-state index in [1.807, 2.05) is 0 Å². The molecule has 0 bridgehead atoms. The zero-order valence-electron chi connectivity index (χ0n) is 16.1. The third-order valence-electron chi connectivity index (χ3n) is 4.13. The van der Waals surface area contributed by atoms with E-state index in [4.69, 9.17) is 21.1 Å². The molecule has 0 atom stereocenters. The molecule has 0 radical (unpaired) electrons. The fourth-order valence-electron chi connectivity index (χ4n) is 2.27. The number of nitrogens with zero attached hydrogens (tertiary/aromatic N) is 2. The molecule has 2 rings (SSSR count). The molecule has 0 heterocycles. The lowest BCUT2D eigenvalue weighted by molar-refractivity contribution is -0.385. The Morgan fingerprint density at radius 3 is 2.41 bits per heavy atom. The van der Waals surface area contributed by atoms with Crippen molar-refractivity contribution in [3.8, 4) is 11.5 Å². The molecule has 0 saturated heterocycles. The van der Waals surface area contributed by atoms with Gasteiger partial charge in [0, 0.05) is 13.1 Å². The Morgan fingerprint density at radius 1 is 1.21 bits per heavy atom. The Hall–Kier alpha value is -2.69. The zero-order chi connectivity index (χ0) is 21.9. The lowest BCUT2D eigenvalue weighted by atomic mass is 10.2. The highest BCUT2D eigenvalue weighted by molar-refractivity contribution is 7.89. The second-order valence-corrected chi connectivity index (χ2v) is 8.64. The third kappa shape index (κ3) is 4.84. The first-order chi connectivity index (χ1) is 13.5. The molecule has 0 saturated carbocycles. The topological polar surface area (TPSA) is 116 Å². The predicted molar refractivity (Wildman–Crippen MR) is 106 cm³/mol. The molecule has 0 spiro atoms. The summed E-state index contributed by atoms with van der Waals surface area (Å²) in [7, 11) is -1.12. The summed E-state index contributed by atoms with van der Waals surface area (Å²) >= 11 is 6.04. The van der Waals surface area contributed by atoms with Gasteiger partial charge in [-0.05, 0) is 44.2 Å².